The van der Waals surface area contributed by atoms with Crippen molar-refractivity contribution in [2.45, 2.75) is 0 Å². The highest BCUT2D eigenvalue weighted by Gasteiger charge is 2.17. The third-order valence-electron chi connectivity index (χ3n) is 3.01. The average molecular weight is 278 g/mol. The van der Waals surface area contributed by atoms with Gasteiger partial charge in [-0.2, -0.15) is 5.10 Å². The minimum absolute atomic E-state index is 0.0264. The van der Waals surface area contributed by atoms with Crippen LogP contribution in [0.3, 0.4) is 0 Å². The van der Waals surface area contributed by atoms with Crippen LogP contribution in [-0.4, -0.2) is 25.3 Å². The smallest absolute Gasteiger partial charge is 0.341 e. The van der Waals surface area contributed by atoms with Crippen molar-refractivity contribution in [3.63, 3.8) is 0 Å². The summed E-state index contributed by atoms with van der Waals surface area (Å²) in [7, 11) is 1.51. The molecule has 19 heavy (non-hydrogen) atoms. The molecule has 0 atom stereocenters. The zero-order chi connectivity index (χ0) is 13.7. The van der Waals surface area contributed by atoms with Crippen LogP contribution in [0.25, 0.3) is 16.6 Å². The molecule has 0 saturated heterocycles. The van der Waals surface area contributed by atoms with E-state index >= 15 is 0 Å². The van der Waals surface area contributed by atoms with Crippen LogP contribution in [0.5, 0.6) is 0 Å². The van der Waals surface area contributed by atoms with Gasteiger partial charge in [0.1, 0.15) is 5.56 Å². The van der Waals surface area contributed by atoms with E-state index in [9.17, 15) is 9.59 Å². The molecule has 0 aliphatic carbocycles. The Kier molecular flexibility index (Phi) is 2.36. The fourth-order valence-corrected chi connectivity index (χ4v) is 2.30. The summed E-state index contributed by atoms with van der Waals surface area (Å²) in [6.07, 6.45) is 1.22. The number of hydrogen-bond donors (Lipinski definition) is 1. The van der Waals surface area contributed by atoms with Gasteiger partial charge in [0.05, 0.1) is 17.1 Å². The van der Waals surface area contributed by atoms with Crippen LogP contribution in [0, 0.1) is 0 Å². The summed E-state index contributed by atoms with van der Waals surface area (Å²) in [5, 5.41) is 14.0. The lowest BCUT2D eigenvalue weighted by molar-refractivity contribution is 0.0698. The normalized spacial score (nSPS) is 11.3. The molecule has 7 heteroatoms. The fraction of sp³-hybridized carbons (Fsp3) is 0.0833. The molecule has 0 amide bonds. The van der Waals surface area contributed by atoms with Gasteiger partial charge in [0.2, 0.25) is 0 Å². The summed E-state index contributed by atoms with van der Waals surface area (Å²) in [5.74, 6) is -1.13. The number of aromatic nitrogens is 3. The van der Waals surface area contributed by atoms with Crippen LogP contribution in [-0.2, 0) is 7.05 Å². The number of rotatable bonds is 1. The van der Waals surface area contributed by atoms with Crippen LogP contribution in [0.15, 0.2) is 29.2 Å². The zero-order valence-electron chi connectivity index (χ0n) is 9.79. The first kappa shape index (κ1) is 11.7. The van der Waals surface area contributed by atoms with Gasteiger partial charge in [0.15, 0.2) is 5.65 Å². The minimum Gasteiger partial charge on any atom is -0.477 e. The van der Waals surface area contributed by atoms with Gasteiger partial charge in [-0.05, 0) is 18.2 Å². The van der Waals surface area contributed by atoms with Gasteiger partial charge in [-0.1, -0.05) is 11.6 Å². The van der Waals surface area contributed by atoms with E-state index in [-0.39, 0.29) is 16.8 Å². The lowest BCUT2D eigenvalue weighted by Gasteiger charge is -2.07. The lowest BCUT2D eigenvalue weighted by atomic mass is 10.2. The number of benzene rings is 1. The largest absolute Gasteiger partial charge is 0.477 e. The Labute approximate surface area is 111 Å². The Hall–Kier alpha value is -2.34. The van der Waals surface area contributed by atoms with Crippen molar-refractivity contribution in [2.24, 2.45) is 7.05 Å². The number of carbonyl (C=O) groups is 1. The number of nitrogens with zero attached hydrogens (tertiary/aromatic N) is 3. The number of halogens is 1. The molecule has 6 nitrogen and oxygen atoms in total. The SMILES string of the molecule is Cn1c(=O)c2ccc(Cl)cc2n2ncc(C(=O)O)c12. The van der Waals surface area contributed by atoms with Crippen molar-refractivity contribution in [1.82, 2.24) is 14.2 Å². The topological polar surface area (TPSA) is 76.6 Å². The number of fused-ring (bicyclic) bond motifs is 3. The summed E-state index contributed by atoms with van der Waals surface area (Å²) in [6.45, 7) is 0. The number of hydrogen-bond acceptors (Lipinski definition) is 3. The quantitative estimate of drug-likeness (QED) is 0.732. The molecule has 0 saturated carbocycles. The second-order valence-electron chi connectivity index (χ2n) is 4.12. The van der Waals surface area contributed by atoms with Crippen LogP contribution in [0.4, 0.5) is 0 Å². The number of aromatic carboxylic acids is 1. The molecule has 96 valence electrons. The molecule has 2 aromatic heterocycles. The molecule has 1 N–H and O–H groups in total. The van der Waals surface area contributed by atoms with Crippen LogP contribution >= 0.6 is 11.6 Å². The predicted octanol–water partition coefficient (Wildman–Crippen LogP) is 1.54. The van der Waals surface area contributed by atoms with Gasteiger partial charge in [-0.3, -0.25) is 9.36 Å². The first-order valence-corrected chi connectivity index (χ1v) is 5.78. The Balaban J connectivity index is 2.65. The lowest BCUT2D eigenvalue weighted by Crippen LogP contribution is -2.21. The van der Waals surface area contributed by atoms with Crippen LogP contribution < -0.4 is 5.56 Å². The number of aryl methyl sites for hydroxylation is 1. The van der Waals surface area contributed by atoms with E-state index in [2.05, 4.69) is 5.10 Å². The van der Waals surface area contributed by atoms with Crippen molar-refractivity contribution in [3.05, 3.63) is 45.3 Å². The first-order valence-electron chi connectivity index (χ1n) is 5.40. The second-order valence-corrected chi connectivity index (χ2v) is 4.56. The standard InChI is InChI=1S/C12H8ClN3O3/c1-15-10-8(12(18)19)5-14-16(10)9-4-6(13)2-3-7(9)11(15)17/h2-5H,1H3,(H,18,19). The Bertz CT molecular complexity index is 894. The maximum absolute atomic E-state index is 12.2. The highest BCUT2D eigenvalue weighted by atomic mass is 35.5. The molecule has 0 radical (unpaired) electrons. The molecule has 3 aromatic rings. The van der Waals surface area contributed by atoms with Crippen LogP contribution in [0.1, 0.15) is 10.4 Å². The van der Waals surface area contributed by atoms with E-state index in [0.717, 1.165) is 0 Å². The van der Waals surface area contributed by atoms with E-state index in [0.29, 0.717) is 15.9 Å². The monoisotopic (exact) mass is 277 g/mol. The predicted molar refractivity (Wildman–Crippen MR) is 69.9 cm³/mol. The fourth-order valence-electron chi connectivity index (χ4n) is 2.13. The molecule has 2 heterocycles. The molecule has 0 fully saturated rings. The second kappa shape index (κ2) is 3.83. The van der Waals surface area contributed by atoms with Crippen LogP contribution in [0.2, 0.25) is 5.02 Å². The highest BCUT2D eigenvalue weighted by Crippen LogP contribution is 2.19. The van der Waals surface area contributed by atoms with Crippen molar-refractivity contribution < 1.29 is 9.90 Å². The Morgan fingerprint density at radius 1 is 1.42 bits per heavy atom. The van der Waals surface area contributed by atoms with Gasteiger partial charge in [0.25, 0.3) is 5.56 Å². The third-order valence-corrected chi connectivity index (χ3v) is 3.25. The minimum atomic E-state index is -1.13. The van der Waals surface area contributed by atoms with Crippen molar-refractivity contribution in [1.29, 1.82) is 0 Å². The molecule has 3 rings (SSSR count). The maximum atomic E-state index is 12.2. The van der Waals surface area contributed by atoms with Gasteiger partial charge in [-0.15, -0.1) is 0 Å². The third kappa shape index (κ3) is 1.53. The number of carboxylic acids is 1. The van der Waals surface area contributed by atoms with E-state index in [1.54, 1.807) is 18.2 Å². The molecular formula is C12H8ClN3O3. The molecule has 0 spiro atoms. The average Bonchev–Trinajstić information content (AvgIpc) is 2.80. The molecule has 0 unspecified atom stereocenters. The first-order chi connectivity index (χ1) is 9.00. The molecule has 0 aliphatic rings. The van der Waals surface area contributed by atoms with Gasteiger partial charge in [-0.25, -0.2) is 9.31 Å². The van der Waals surface area contributed by atoms with Crippen molar-refractivity contribution in [3.8, 4) is 0 Å². The molecule has 0 bridgehead atoms. The van der Waals surface area contributed by atoms with Crippen molar-refractivity contribution in [2.75, 3.05) is 0 Å². The summed E-state index contributed by atoms with van der Waals surface area (Å²) >= 11 is 5.91. The molecular weight excluding hydrogens is 270 g/mol. The van der Waals surface area contributed by atoms with E-state index in [1.165, 1.54) is 22.3 Å². The number of carboxylic acid groups (broad SMARTS) is 1. The van der Waals surface area contributed by atoms with Gasteiger partial charge >= 0.3 is 5.97 Å². The summed E-state index contributed by atoms with van der Waals surface area (Å²) in [4.78, 5) is 23.4. The Morgan fingerprint density at radius 3 is 2.84 bits per heavy atom. The van der Waals surface area contributed by atoms with Crippen molar-refractivity contribution >= 4 is 34.1 Å². The molecule has 1 aromatic carbocycles. The summed E-state index contributed by atoms with van der Waals surface area (Å²) < 4.78 is 2.68. The zero-order valence-corrected chi connectivity index (χ0v) is 10.5. The van der Waals surface area contributed by atoms with E-state index in [1.807, 2.05) is 0 Å². The van der Waals surface area contributed by atoms with Gasteiger partial charge < -0.3 is 5.11 Å². The summed E-state index contributed by atoms with van der Waals surface area (Å²) in [5.41, 5.74) is 0.397. The van der Waals surface area contributed by atoms with E-state index < -0.39 is 5.97 Å². The summed E-state index contributed by atoms with van der Waals surface area (Å²) in [6, 6.07) is 4.80. The van der Waals surface area contributed by atoms with Gasteiger partial charge in [0, 0.05) is 12.1 Å². The Morgan fingerprint density at radius 2 is 2.16 bits per heavy atom. The maximum Gasteiger partial charge on any atom is 0.341 e. The highest BCUT2D eigenvalue weighted by molar-refractivity contribution is 6.31. The molecule has 0 aliphatic heterocycles. The van der Waals surface area contributed by atoms with E-state index in [4.69, 9.17) is 16.7 Å².